The fraction of sp³-hybridized carbons (Fsp3) is 0.917. The molecule has 16 heavy (non-hydrogen) atoms. The molecule has 2 aliphatic rings. The molecule has 94 valence electrons. The molecule has 3 nitrogen and oxygen atoms in total. The van der Waals surface area contributed by atoms with Crippen molar-refractivity contribution in [1.29, 1.82) is 0 Å². The van der Waals surface area contributed by atoms with Crippen LogP contribution in [0, 0.1) is 5.92 Å². The smallest absolute Gasteiger partial charge is 0.222 e. The van der Waals surface area contributed by atoms with Crippen LogP contribution in [0.25, 0.3) is 0 Å². The summed E-state index contributed by atoms with van der Waals surface area (Å²) in [4.78, 5) is 14.1. The van der Waals surface area contributed by atoms with Crippen molar-refractivity contribution in [2.75, 3.05) is 26.2 Å². The molecule has 0 aromatic heterocycles. The van der Waals surface area contributed by atoms with Crippen molar-refractivity contribution < 1.29 is 4.79 Å². The predicted molar refractivity (Wildman–Crippen MR) is 67.9 cm³/mol. The van der Waals surface area contributed by atoms with Gasteiger partial charge in [0.1, 0.15) is 0 Å². The SMILES string of the molecule is Cl.O=C(CC1CCCC1)N1CCCNCC1. The molecular weight excluding hydrogens is 224 g/mol. The summed E-state index contributed by atoms with van der Waals surface area (Å²) in [6, 6.07) is 0. The molecule has 1 heterocycles. The van der Waals surface area contributed by atoms with Gasteiger partial charge in [-0.15, -0.1) is 12.4 Å². The lowest BCUT2D eigenvalue weighted by molar-refractivity contribution is -0.131. The minimum absolute atomic E-state index is 0. The van der Waals surface area contributed by atoms with Crippen molar-refractivity contribution in [3.8, 4) is 0 Å². The number of nitrogens with zero attached hydrogens (tertiary/aromatic N) is 1. The molecule has 2 fully saturated rings. The number of amides is 1. The average molecular weight is 247 g/mol. The van der Waals surface area contributed by atoms with Crippen LogP contribution in [0.2, 0.25) is 0 Å². The monoisotopic (exact) mass is 246 g/mol. The molecule has 0 aromatic carbocycles. The van der Waals surface area contributed by atoms with Gasteiger partial charge >= 0.3 is 0 Å². The molecule has 1 saturated heterocycles. The van der Waals surface area contributed by atoms with E-state index < -0.39 is 0 Å². The lowest BCUT2D eigenvalue weighted by atomic mass is 10.0. The van der Waals surface area contributed by atoms with Crippen molar-refractivity contribution in [2.24, 2.45) is 5.92 Å². The first-order valence-corrected chi connectivity index (χ1v) is 6.35. The first kappa shape index (κ1) is 13.8. The molecule has 0 spiro atoms. The third-order valence-electron chi connectivity index (χ3n) is 3.63. The molecule has 0 aromatic rings. The second-order valence-corrected chi connectivity index (χ2v) is 4.84. The van der Waals surface area contributed by atoms with Gasteiger partial charge in [0.05, 0.1) is 0 Å². The number of carbonyl (C=O) groups excluding carboxylic acids is 1. The average Bonchev–Trinajstić information content (AvgIpc) is 2.58. The molecule has 1 aliphatic carbocycles. The number of halogens is 1. The van der Waals surface area contributed by atoms with Crippen LogP contribution in [-0.4, -0.2) is 37.0 Å². The van der Waals surface area contributed by atoms with Crippen molar-refractivity contribution in [1.82, 2.24) is 10.2 Å². The van der Waals surface area contributed by atoms with Gasteiger partial charge in [-0.2, -0.15) is 0 Å². The Hall–Kier alpha value is -0.280. The Morgan fingerprint density at radius 2 is 1.88 bits per heavy atom. The number of rotatable bonds is 2. The van der Waals surface area contributed by atoms with E-state index >= 15 is 0 Å². The maximum absolute atomic E-state index is 12.0. The Bertz CT molecular complexity index is 209. The van der Waals surface area contributed by atoms with Gasteiger partial charge in [0.2, 0.25) is 5.91 Å². The van der Waals surface area contributed by atoms with Gasteiger partial charge in [-0.05, 0) is 31.7 Å². The zero-order valence-electron chi connectivity index (χ0n) is 9.91. The summed E-state index contributed by atoms with van der Waals surface area (Å²) >= 11 is 0. The Morgan fingerprint density at radius 1 is 1.12 bits per heavy atom. The van der Waals surface area contributed by atoms with Gasteiger partial charge < -0.3 is 10.2 Å². The topological polar surface area (TPSA) is 32.3 Å². The van der Waals surface area contributed by atoms with E-state index in [-0.39, 0.29) is 12.4 Å². The van der Waals surface area contributed by atoms with Crippen molar-refractivity contribution in [3.63, 3.8) is 0 Å². The summed E-state index contributed by atoms with van der Waals surface area (Å²) in [7, 11) is 0. The molecule has 1 aliphatic heterocycles. The molecule has 0 atom stereocenters. The van der Waals surface area contributed by atoms with E-state index in [0.717, 1.165) is 39.0 Å². The van der Waals surface area contributed by atoms with Gasteiger partial charge in [0, 0.05) is 26.1 Å². The van der Waals surface area contributed by atoms with Crippen LogP contribution in [0.3, 0.4) is 0 Å². The first-order valence-electron chi connectivity index (χ1n) is 6.35. The fourth-order valence-corrected chi connectivity index (χ4v) is 2.69. The number of hydrogen-bond donors (Lipinski definition) is 1. The van der Waals surface area contributed by atoms with Crippen molar-refractivity contribution in [2.45, 2.75) is 38.5 Å². The van der Waals surface area contributed by atoms with Crippen LogP contribution in [0.1, 0.15) is 38.5 Å². The van der Waals surface area contributed by atoms with Crippen LogP contribution >= 0.6 is 12.4 Å². The van der Waals surface area contributed by atoms with E-state index in [9.17, 15) is 4.79 Å². The molecule has 1 amide bonds. The minimum Gasteiger partial charge on any atom is -0.341 e. The molecule has 1 N–H and O–H groups in total. The van der Waals surface area contributed by atoms with E-state index in [0.29, 0.717) is 11.8 Å². The fourth-order valence-electron chi connectivity index (χ4n) is 2.69. The number of hydrogen-bond acceptors (Lipinski definition) is 2. The largest absolute Gasteiger partial charge is 0.341 e. The highest BCUT2D eigenvalue weighted by atomic mass is 35.5. The second-order valence-electron chi connectivity index (χ2n) is 4.84. The molecule has 0 bridgehead atoms. The Morgan fingerprint density at radius 3 is 2.62 bits per heavy atom. The quantitative estimate of drug-likeness (QED) is 0.806. The molecule has 2 rings (SSSR count). The maximum atomic E-state index is 12.0. The summed E-state index contributed by atoms with van der Waals surface area (Å²) < 4.78 is 0. The van der Waals surface area contributed by atoms with Crippen molar-refractivity contribution in [3.05, 3.63) is 0 Å². The van der Waals surface area contributed by atoms with Gasteiger partial charge in [-0.3, -0.25) is 4.79 Å². The van der Waals surface area contributed by atoms with E-state index in [1.165, 1.54) is 25.7 Å². The van der Waals surface area contributed by atoms with Crippen LogP contribution in [0.4, 0.5) is 0 Å². The summed E-state index contributed by atoms with van der Waals surface area (Å²) in [5, 5.41) is 3.33. The van der Waals surface area contributed by atoms with Crippen LogP contribution in [-0.2, 0) is 4.79 Å². The van der Waals surface area contributed by atoms with Gasteiger partial charge in [0.25, 0.3) is 0 Å². The van der Waals surface area contributed by atoms with Crippen LogP contribution in [0.15, 0.2) is 0 Å². The van der Waals surface area contributed by atoms with Crippen molar-refractivity contribution >= 4 is 18.3 Å². The summed E-state index contributed by atoms with van der Waals surface area (Å²) in [5.41, 5.74) is 0. The second kappa shape index (κ2) is 7.13. The summed E-state index contributed by atoms with van der Waals surface area (Å²) in [6.07, 6.45) is 7.13. The third kappa shape index (κ3) is 3.95. The molecular formula is C12H23ClN2O. The zero-order chi connectivity index (χ0) is 10.5. The first-order chi connectivity index (χ1) is 7.36. The normalized spacial score (nSPS) is 22.6. The van der Waals surface area contributed by atoms with E-state index in [1.807, 2.05) is 0 Å². The number of nitrogens with one attached hydrogen (secondary N) is 1. The van der Waals surface area contributed by atoms with Crippen LogP contribution in [0.5, 0.6) is 0 Å². The van der Waals surface area contributed by atoms with Gasteiger partial charge in [-0.1, -0.05) is 12.8 Å². The highest BCUT2D eigenvalue weighted by molar-refractivity contribution is 5.85. The minimum atomic E-state index is 0. The standard InChI is InChI=1S/C12H22N2O.ClH/c15-12(10-11-4-1-2-5-11)14-8-3-6-13-7-9-14;/h11,13H,1-10H2;1H. The number of carbonyl (C=O) groups is 1. The highest BCUT2D eigenvalue weighted by Crippen LogP contribution is 2.28. The predicted octanol–water partition coefficient (Wildman–Crippen LogP) is 1.81. The molecule has 1 saturated carbocycles. The lowest BCUT2D eigenvalue weighted by Crippen LogP contribution is -2.34. The van der Waals surface area contributed by atoms with Crippen LogP contribution < -0.4 is 5.32 Å². The Kier molecular flexibility index (Phi) is 6.14. The summed E-state index contributed by atoms with van der Waals surface area (Å²) in [6.45, 7) is 3.90. The van der Waals surface area contributed by atoms with E-state index in [4.69, 9.17) is 0 Å². The van der Waals surface area contributed by atoms with E-state index in [1.54, 1.807) is 0 Å². The van der Waals surface area contributed by atoms with E-state index in [2.05, 4.69) is 10.2 Å². The third-order valence-corrected chi connectivity index (χ3v) is 3.63. The molecule has 0 unspecified atom stereocenters. The Labute approximate surface area is 104 Å². The summed E-state index contributed by atoms with van der Waals surface area (Å²) in [5.74, 6) is 1.08. The Balaban J connectivity index is 0.00000128. The highest BCUT2D eigenvalue weighted by Gasteiger charge is 2.22. The lowest BCUT2D eigenvalue weighted by Gasteiger charge is -2.21. The maximum Gasteiger partial charge on any atom is 0.222 e. The molecule has 0 radical (unpaired) electrons. The van der Waals surface area contributed by atoms with Gasteiger partial charge in [0.15, 0.2) is 0 Å². The van der Waals surface area contributed by atoms with Gasteiger partial charge in [-0.25, -0.2) is 0 Å². The molecule has 4 heteroatoms. The zero-order valence-corrected chi connectivity index (χ0v) is 10.7.